The summed E-state index contributed by atoms with van der Waals surface area (Å²) in [5, 5.41) is 16.0. The van der Waals surface area contributed by atoms with Gasteiger partial charge >= 0.3 is 0 Å². The molecule has 0 aliphatic rings. The van der Waals surface area contributed by atoms with Crippen molar-refractivity contribution in [3.8, 4) is 11.1 Å². The summed E-state index contributed by atoms with van der Waals surface area (Å²) in [6.45, 7) is 0. The summed E-state index contributed by atoms with van der Waals surface area (Å²) in [5.74, 6) is 0. The molecule has 2 aromatic heterocycles. The van der Waals surface area contributed by atoms with Crippen molar-refractivity contribution in [3.63, 3.8) is 0 Å². The highest BCUT2D eigenvalue weighted by Gasteiger charge is 2.23. The molecule has 0 atom stereocenters. The first-order chi connectivity index (χ1) is 31.3. The summed E-state index contributed by atoms with van der Waals surface area (Å²) in [7, 11) is 0. The molecule has 11 aromatic carbocycles. The largest absolute Gasteiger partial charge is 0.456 e. The van der Waals surface area contributed by atoms with Gasteiger partial charge in [0.05, 0.1) is 11.4 Å². The van der Waals surface area contributed by atoms with Gasteiger partial charge in [-0.2, -0.15) is 0 Å². The average molecular weight is 804 g/mol. The molecule has 0 radical (unpaired) electrons. The van der Waals surface area contributed by atoms with Gasteiger partial charge < -0.3 is 13.7 Å². The predicted molar refractivity (Wildman–Crippen MR) is 266 cm³/mol. The molecule has 0 aliphatic carbocycles. The fraction of sp³-hybridized carbons (Fsp3) is 0. The Hall–Kier alpha value is -8.40. The van der Waals surface area contributed by atoms with E-state index in [9.17, 15) is 0 Å². The van der Waals surface area contributed by atoms with Crippen molar-refractivity contribution in [2.24, 2.45) is 0 Å². The van der Waals surface area contributed by atoms with E-state index in [2.05, 4.69) is 223 Å². The second kappa shape index (κ2) is 14.1. The van der Waals surface area contributed by atoms with E-state index in [0.717, 1.165) is 99.0 Å². The van der Waals surface area contributed by atoms with Crippen LogP contribution in [0.25, 0.3) is 109 Å². The normalized spacial score (nSPS) is 11.8. The smallest absolute Gasteiger partial charge is 0.159 e. The van der Waals surface area contributed by atoms with E-state index in [4.69, 9.17) is 8.83 Å². The summed E-state index contributed by atoms with van der Waals surface area (Å²) in [6.07, 6.45) is 0. The van der Waals surface area contributed by atoms with Crippen molar-refractivity contribution in [1.29, 1.82) is 0 Å². The van der Waals surface area contributed by atoms with E-state index in [-0.39, 0.29) is 0 Å². The van der Waals surface area contributed by atoms with Gasteiger partial charge in [-0.15, -0.1) is 0 Å². The Labute approximate surface area is 362 Å². The van der Waals surface area contributed by atoms with Gasteiger partial charge in [0.2, 0.25) is 0 Å². The number of nitrogens with zero attached hydrogens (tertiary/aromatic N) is 1. The SMILES string of the molecule is c1ccc(-c2ccccc2N(c2ccc3c4ccccc4c4ccccc4c4ccccc4c4c(ccc5oc6ccccc6c54)c3c2)c2cccc3c2oc2ccccc23)cc1. The zero-order valence-corrected chi connectivity index (χ0v) is 34.1. The Morgan fingerprint density at radius 3 is 1.48 bits per heavy atom. The Kier molecular flexibility index (Phi) is 7.91. The van der Waals surface area contributed by atoms with E-state index in [1.165, 1.54) is 26.9 Å². The van der Waals surface area contributed by atoms with Crippen LogP contribution in [-0.4, -0.2) is 0 Å². The molecule has 0 saturated heterocycles. The molecule has 3 heteroatoms. The molecule has 3 nitrogen and oxygen atoms in total. The topological polar surface area (TPSA) is 29.5 Å². The predicted octanol–water partition coefficient (Wildman–Crippen LogP) is 17.5. The van der Waals surface area contributed by atoms with Crippen LogP contribution in [0.15, 0.2) is 233 Å². The van der Waals surface area contributed by atoms with Gasteiger partial charge in [-0.1, -0.05) is 176 Å². The first-order valence-electron chi connectivity index (χ1n) is 21.5. The van der Waals surface area contributed by atoms with Crippen molar-refractivity contribution >= 4 is 115 Å². The van der Waals surface area contributed by atoms with E-state index in [1.54, 1.807) is 0 Å². The maximum absolute atomic E-state index is 6.84. The molecular weight excluding hydrogens is 767 g/mol. The Bertz CT molecular complexity index is 4050. The number of anilines is 3. The van der Waals surface area contributed by atoms with Gasteiger partial charge in [-0.25, -0.2) is 0 Å². The number of benzene rings is 10. The number of fused-ring (bicyclic) bond motifs is 17. The van der Waals surface area contributed by atoms with Crippen LogP contribution in [0, 0.1) is 0 Å². The fourth-order valence-electron chi connectivity index (χ4n) is 10.1. The maximum Gasteiger partial charge on any atom is 0.159 e. The monoisotopic (exact) mass is 803 g/mol. The van der Waals surface area contributed by atoms with Gasteiger partial charge in [0.15, 0.2) is 5.58 Å². The lowest BCUT2D eigenvalue weighted by Crippen LogP contribution is -2.11. The van der Waals surface area contributed by atoms with Gasteiger partial charge in [0.25, 0.3) is 0 Å². The standard InChI is InChI=1S/C60H37NO2/c1-2-17-38(18-3-1)40-19-10-13-29-53(40)61(54-30-16-28-50-47-25-11-14-31-55(47)63-60(50)54)39-33-34-46-44-23-7-5-21-42(44)41-20-4-6-22-43(41)45-24-8-9-26-48(45)58-49(52(46)37-39)35-36-57-59(58)51-27-12-15-32-56(51)62-57/h1-37H. The molecule has 0 spiro atoms. The Morgan fingerprint density at radius 2 is 0.762 bits per heavy atom. The minimum Gasteiger partial charge on any atom is -0.456 e. The van der Waals surface area contributed by atoms with Crippen LogP contribution in [0.5, 0.6) is 0 Å². The summed E-state index contributed by atoms with van der Waals surface area (Å²) in [6, 6.07) is 80.7. The quantitative estimate of drug-likeness (QED) is 0.177. The van der Waals surface area contributed by atoms with Crippen molar-refractivity contribution in [3.05, 3.63) is 224 Å². The van der Waals surface area contributed by atoms with Crippen molar-refractivity contribution < 1.29 is 8.83 Å². The maximum atomic E-state index is 6.84. The number of hydrogen-bond donors (Lipinski definition) is 0. The van der Waals surface area contributed by atoms with Gasteiger partial charge in [-0.3, -0.25) is 0 Å². The molecule has 13 rings (SSSR count). The zero-order chi connectivity index (χ0) is 41.4. The molecule has 0 unspecified atom stereocenters. The van der Waals surface area contributed by atoms with Crippen molar-refractivity contribution in [2.45, 2.75) is 0 Å². The number of furan rings is 2. The Balaban J connectivity index is 1.26. The van der Waals surface area contributed by atoms with Crippen LogP contribution < -0.4 is 4.90 Å². The molecule has 0 amide bonds. The van der Waals surface area contributed by atoms with Crippen LogP contribution >= 0.6 is 0 Å². The van der Waals surface area contributed by atoms with E-state index >= 15 is 0 Å². The van der Waals surface area contributed by atoms with Crippen LogP contribution in [0.3, 0.4) is 0 Å². The summed E-state index contributed by atoms with van der Waals surface area (Å²) < 4.78 is 13.5. The van der Waals surface area contributed by atoms with Crippen molar-refractivity contribution in [1.82, 2.24) is 0 Å². The molecule has 0 aliphatic heterocycles. The second-order valence-corrected chi connectivity index (χ2v) is 16.3. The second-order valence-electron chi connectivity index (χ2n) is 16.3. The highest BCUT2D eigenvalue weighted by atomic mass is 16.3. The lowest BCUT2D eigenvalue weighted by Gasteiger charge is -2.28. The minimum absolute atomic E-state index is 0.837. The van der Waals surface area contributed by atoms with E-state index in [1.807, 2.05) is 6.07 Å². The molecule has 2 heterocycles. The molecular formula is C60H37NO2. The third-order valence-electron chi connectivity index (χ3n) is 12.9. The van der Waals surface area contributed by atoms with Crippen LogP contribution in [0.4, 0.5) is 17.1 Å². The molecule has 13 aromatic rings. The first kappa shape index (κ1) is 35.4. The Morgan fingerprint density at radius 1 is 0.270 bits per heavy atom. The molecule has 0 saturated carbocycles. The minimum atomic E-state index is 0.837. The summed E-state index contributed by atoms with van der Waals surface area (Å²) >= 11 is 0. The molecule has 294 valence electrons. The van der Waals surface area contributed by atoms with Crippen LogP contribution in [-0.2, 0) is 0 Å². The van der Waals surface area contributed by atoms with Crippen molar-refractivity contribution in [2.75, 3.05) is 4.90 Å². The van der Waals surface area contributed by atoms with E-state index in [0.29, 0.717) is 0 Å². The van der Waals surface area contributed by atoms with Crippen LogP contribution in [0.2, 0.25) is 0 Å². The lowest BCUT2D eigenvalue weighted by molar-refractivity contribution is 0.669. The lowest BCUT2D eigenvalue weighted by atomic mass is 9.92. The number of hydrogen-bond acceptors (Lipinski definition) is 3. The first-order valence-corrected chi connectivity index (χ1v) is 21.5. The highest BCUT2D eigenvalue weighted by Crippen LogP contribution is 2.48. The molecule has 63 heavy (non-hydrogen) atoms. The average Bonchev–Trinajstić information content (AvgIpc) is 3.93. The zero-order valence-electron chi connectivity index (χ0n) is 34.1. The molecule has 0 fully saturated rings. The number of rotatable bonds is 4. The fourth-order valence-corrected chi connectivity index (χ4v) is 10.1. The van der Waals surface area contributed by atoms with E-state index < -0.39 is 0 Å². The summed E-state index contributed by atoms with van der Waals surface area (Å²) in [5.41, 5.74) is 8.71. The third-order valence-corrected chi connectivity index (χ3v) is 12.9. The van der Waals surface area contributed by atoms with Gasteiger partial charge in [0.1, 0.15) is 16.7 Å². The molecule has 0 N–H and O–H groups in total. The highest BCUT2D eigenvalue weighted by molar-refractivity contribution is 6.33. The van der Waals surface area contributed by atoms with Gasteiger partial charge in [-0.05, 0) is 103 Å². The number of para-hydroxylation sites is 4. The molecule has 0 bridgehead atoms. The third kappa shape index (κ3) is 5.46. The summed E-state index contributed by atoms with van der Waals surface area (Å²) in [4.78, 5) is 2.40. The van der Waals surface area contributed by atoms with Crippen LogP contribution in [0.1, 0.15) is 0 Å². The van der Waals surface area contributed by atoms with Gasteiger partial charge in [0, 0.05) is 38.2 Å².